The second-order valence-electron chi connectivity index (χ2n) is 7.32. The summed E-state index contributed by atoms with van der Waals surface area (Å²) in [5.41, 5.74) is 0.0351. The van der Waals surface area contributed by atoms with Gasteiger partial charge in [-0.25, -0.2) is 4.98 Å². The quantitative estimate of drug-likeness (QED) is 0.552. The molecule has 0 bridgehead atoms. The van der Waals surface area contributed by atoms with Gasteiger partial charge in [0.15, 0.2) is 0 Å². The number of aromatic nitrogens is 1. The standard InChI is InChI=1S/C22H18ClF3N4O2S/c23-17-12-15(22(24,25)26)13-27-19(17)29-6-8-30(9-7-29)21(32)14-3-1-4-16(11-14)28-20(31)18-5-2-10-33-18/h1-5,10-13H,6-9H2,(H,28,31). The highest BCUT2D eigenvalue weighted by molar-refractivity contribution is 7.12. The highest BCUT2D eigenvalue weighted by Crippen LogP contribution is 2.33. The maximum absolute atomic E-state index is 13.0. The molecule has 1 aromatic carbocycles. The van der Waals surface area contributed by atoms with E-state index in [2.05, 4.69) is 10.3 Å². The van der Waals surface area contributed by atoms with Gasteiger partial charge < -0.3 is 15.1 Å². The minimum Gasteiger partial charge on any atom is -0.352 e. The van der Waals surface area contributed by atoms with Crippen molar-refractivity contribution >= 4 is 46.3 Å². The Morgan fingerprint density at radius 3 is 2.45 bits per heavy atom. The molecular formula is C22H18ClF3N4O2S. The first-order valence-electron chi connectivity index (χ1n) is 9.94. The molecule has 3 heterocycles. The first kappa shape index (κ1) is 23.1. The number of amides is 2. The average molecular weight is 495 g/mol. The second-order valence-corrected chi connectivity index (χ2v) is 8.67. The third-order valence-corrected chi connectivity index (χ3v) is 6.27. The van der Waals surface area contributed by atoms with Gasteiger partial charge in [-0.05, 0) is 35.7 Å². The predicted molar refractivity (Wildman–Crippen MR) is 121 cm³/mol. The van der Waals surface area contributed by atoms with Crippen molar-refractivity contribution in [2.45, 2.75) is 6.18 Å². The number of carbonyl (C=O) groups is 2. The van der Waals surface area contributed by atoms with Crippen LogP contribution in [0.25, 0.3) is 0 Å². The minimum absolute atomic E-state index is 0.0845. The van der Waals surface area contributed by atoms with Gasteiger partial charge in [-0.1, -0.05) is 23.7 Å². The zero-order valence-corrected chi connectivity index (χ0v) is 18.7. The van der Waals surface area contributed by atoms with Gasteiger partial charge in [0.1, 0.15) is 5.82 Å². The van der Waals surface area contributed by atoms with Crippen LogP contribution in [-0.2, 0) is 6.18 Å². The third-order valence-electron chi connectivity index (χ3n) is 5.13. The minimum atomic E-state index is -4.52. The largest absolute Gasteiger partial charge is 0.417 e. The molecule has 6 nitrogen and oxygen atoms in total. The van der Waals surface area contributed by atoms with E-state index in [-0.39, 0.29) is 22.7 Å². The van der Waals surface area contributed by atoms with Gasteiger partial charge in [0, 0.05) is 43.6 Å². The third kappa shape index (κ3) is 5.28. The van der Waals surface area contributed by atoms with E-state index in [1.165, 1.54) is 11.3 Å². The Hall–Kier alpha value is -3.11. The summed E-state index contributed by atoms with van der Waals surface area (Å²) in [5, 5.41) is 4.50. The lowest BCUT2D eigenvalue weighted by molar-refractivity contribution is -0.137. The molecule has 3 aromatic rings. The van der Waals surface area contributed by atoms with Crippen molar-refractivity contribution in [3.63, 3.8) is 0 Å². The van der Waals surface area contributed by atoms with E-state index >= 15 is 0 Å². The van der Waals surface area contributed by atoms with Gasteiger partial charge in [0.2, 0.25) is 0 Å². The number of rotatable bonds is 4. The van der Waals surface area contributed by atoms with Gasteiger partial charge in [-0.15, -0.1) is 11.3 Å². The molecule has 0 atom stereocenters. The molecule has 1 N–H and O–H groups in total. The van der Waals surface area contributed by atoms with Crippen LogP contribution in [0.15, 0.2) is 54.0 Å². The van der Waals surface area contributed by atoms with Gasteiger partial charge in [0.05, 0.1) is 15.5 Å². The summed E-state index contributed by atoms with van der Waals surface area (Å²) in [5.74, 6) is -0.187. The van der Waals surface area contributed by atoms with Gasteiger partial charge in [0.25, 0.3) is 11.8 Å². The van der Waals surface area contributed by atoms with Crippen molar-refractivity contribution in [2.75, 3.05) is 36.4 Å². The van der Waals surface area contributed by atoms with Crippen LogP contribution in [0.1, 0.15) is 25.6 Å². The lowest BCUT2D eigenvalue weighted by atomic mass is 10.1. The number of halogens is 4. The van der Waals surface area contributed by atoms with Crippen LogP contribution in [0, 0.1) is 0 Å². The Morgan fingerprint density at radius 1 is 1.06 bits per heavy atom. The van der Waals surface area contributed by atoms with Crippen LogP contribution in [-0.4, -0.2) is 47.9 Å². The summed E-state index contributed by atoms with van der Waals surface area (Å²) in [4.78, 5) is 33.1. The number of nitrogens with one attached hydrogen (secondary N) is 1. The predicted octanol–water partition coefficient (Wildman–Crippen LogP) is 5.03. The molecular weight excluding hydrogens is 477 g/mol. The van der Waals surface area contributed by atoms with E-state index in [0.29, 0.717) is 42.3 Å². The lowest BCUT2D eigenvalue weighted by Crippen LogP contribution is -2.49. The number of hydrogen-bond acceptors (Lipinski definition) is 5. The van der Waals surface area contributed by atoms with Crippen LogP contribution in [0.3, 0.4) is 0 Å². The van der Waals surface area contributed by atoms with E-state index in [9.17, 15) is 22.8 Å². The van der Waals surface area contributed by atoms with E-state index in [1.807, 2.05) is 5.38 Å². The molecule has 1 aliphatic rings. The molecule has 0 radical (unpaired) electrons. The molecule has 0 spiro atoms. The maximum atomic E-state index is 13.0. The zero-order valence-electron chi connectivity index (χ0n) is 17.1. The van der Waals surface area contributed by atoms with Gasteiger partial charge >= 0.3 is 6.18 Å². The van der Waals surface area contributed by atoms with Gasteiger partial charge in [-0.2, -0.15) is 13.2 Å². The normalized spacial score (nSPS) is 14.3. The smallest absolute Gasteiger partial charge is 0.352 e. The number of thiophene rings is 1. The molecule has 11 heteroatoms. The molecule has 2 amide bonds. The van der Waals surface area contributed by atoms with Crippen molar-refractivity contribution < 1.29 is 22.8 Å². The number of carbonyl (C=O) groups excluding carboxylic acids is 2. The molecule has 0 saturated carbocycles. The molecule has 0 aliphatic carbocycles. The molecule has 2 aromatic heterocycles. The summed E-state index contributed by atoms with van der Waals surface area (Å²) < 4.78 is 38.5. The molecule has 1 saturated heterocycles. The van der Waals surface area contributed by atoms with E-state index < -0.39 is 11.7 Å². The van der Waals surface area contributed by atoms with Crippen LogP contribution >= 0.6 is 22.9 Å². The lowest BCUT2D eigenvalue weighted by Gasteiger charge is -2.36. The number of pyridine rings is 1. The highest BCUT2D eigenvalue weighted by atomic mass is 35.5. The first-order chi connectivity index (χ1) is 15.7. The van der Waals surface area contributed by atoms with E-state index in [4.69, 9.17) is 11.6 Å². The van der Waals surface area contributed by atoms with Crippen molar-refractivity contribution in [3.05, 3.63) is 75.1 Å². The summed E-state index contributed by atoms with van der Waals surface area (Å²) >= 11 is 7.36. The van der Waals surface area contributed by atoms with Crippen LogP contribution < -0.4 is 10.2 Å². The Morgan fingerprint density at radius 2 is 1.82 bits per heavy atom. The van der Waals surface area contributed by atoms with E-state index in [0.717, 1.165) is 12.3 Å². The molecule has 1 aliphatic heterocycles. The summed E-state index contributed by atoms with van der Waals surface area (Å²) in [6.45, 7) is 1.45. The fourth-order valence-corrected chi connectivity index (χ4v) is 4.36. The summed E-state index contributed by atoms with van der Waals surface area (Å²) in [7, 11) is 0. The molecule has 0 unspecified atom stereocenters. The molecule has 1 fully saturated rings. The highest BCUT2D eigenvalue weighted by Gasteiger charge is 2.32. The fourth-order valence-electron chi connectivity index (χ4n) is 3.45. The van der Waals surface area contributed by atoms with Crippen LogP contribution in [0.2, 0.25) is 5.02 Å². The van der Waals surface area contributed by atoms with Crippen LogP contribution in [0.4, 0.5) is 24.7 Å². The van der Waals surface area contributed by atoms with Crippen LogP contribution in [0.5, 0.6) is 0 Å². The van der Waals surface area contributed by atoms with E-state index in [1.54, 1.807) is 46.2 Å². The maximum Gasteiger partial charge on any atom is 0.417 e. The topological polar surface area (TPSA) is 65.5 Å². The Bertz CT molecular complexity index is 1160. The first-order valence-corrected chi connectivity index (χ1v) is 11.2. The number of anilines is 2. The second kappa shape index (κ2) is 9.40. The Labute approximate surface area is 196 Å². The van der Waals surface area contributed by atoms with Gasteiger partial charge in [-0.3, -0.25) is 9.59 Å². The zero-order chi connectivity index (χ0) is 23.6. The number of piperazine rings is 1. The molecule has 4 rings (SSSR count). The molecule has 172 valence electrons. The summed E-state index contributed by atoms with van der Waals surface area (Å²) in [6.07, 6.45) is -3.76. The number of nitrogens with zero attached hydrogens (tertiary/aromatic N) is 3. The summed E-state index contributed by atoms with van der Waals surface area (Å²) in [6, 6.07) is 11.0. The average Bonchev–Trinajstić information content (AvgIpc) is 3.33. The number of hydrogen-bond donors (Lipinski definition) is 1. The van der Waals surface area contributed by atoms with Crippen molar-refractivity contribution in [1.82, 2.24) is 9.88 Å². The van der Waals surface area contributed by atoms with Crippen molar-refractivity contribution in [1.29, 1.82) is 0 Å². The SMILES string of the molecule is O=C(Nc1cccc(C(=O)N2CCN(c3ncc(C(F)(F)F)cc3Cl)CC2)c1)c1cccs1. The van der Waals surface area contributed by atoms with Crippen molar-refractivity contribution in [2.24, 2.45) is 0 Å². The number of benzene rings is 1. The molecule has 33 heavy (non-hydrogen) atoms. The Balaban J connectivity index is 1.39. The van der Waals surface area contributed by atoms with Crippen molar-refractivity contribution in [3.8, 4) is 0 Å². The Kier molecular flexibility index (Phi) is 6.57. The monoisotopic (exact) mass is 494 g/mol. The number of alkyl halides is 3. The fraction of sp³-hybridized carbons (Fsp3) is 0.227.